The Balaban J connectivity index is 2.31. The molecular weight excluding hydrogens is 258 g/mol. The van der Waals surface area contributed by atoms with Crippen molar-refractivity contribution in [2.75, 3.05) is 13.2 Å². The molecular formula is C11H13NO5S. The lowest BCUT2D eigenvalue weighted by Gasteiger charge is -2.37. The summed E-state index contributed by atoms with van der Waals surface area (Å²) in [5, 5.41) is 5.05. The Morgan fingerprint density at radius 1 is 1.39 bits per heavy atom. The summed E-state index contributed by atoms with van der Waals surface area (Å²) in [6.07, 6.45) is 0. The zero-order valence-electron chi connectivity index (χ0n) is 9.75. The van der Waals surface area contributed by atoms with Gasteiger partial charge in [-0.25, -0.2) is 18.4 Å². The van der Waals surface area contributed by atoms with Crippen molar-refractivity contribution in [3.8, 4) is 0 Å². The van der Waals surface area contributed by atoms with Gasteiger partial charge in [-0.05, 0) is 19.1 Å². The van der Waals surface area contributed by atoms with Crippen LogP contribution in [0.4, 0.5) is 0 Å². The number of ether oxygens (including phenoxy) is 2. The number of benzene rings is 1. The van der Waals surface area contributed by atoms with E-state index in [0.29, 0.717) is 13.2 Å². The second-order valence-corrected chi connectivity index (χ2v) is 5.90. The van der Waals surface area contributed by atoms with Crippen molar-refractivity contribution in [3.05, 3.63) is 29.8 Å². The van der Waals surface area contributed by atoms with E-state index in [1.807, 2.05) is 0 Å². The molecule has 0 atom stereocenters. The molecule has 0 unspecified atom stereocenters. The molecule has 98 valence electrons. The van der Waals surface area contributed by atoms with E-state index in [0.717, 1.165) is 0 Å². The summed E-state index contributed by atoms with van der Waals surface area (Å²) in [4.78, 5) is 11.7. The van der Waals surface area contributed by atoms with E-state index in [1.54, 1.807) is 13.0 Å². The third-order valence-electron chi connectivity index (χ3n) is 2.57. The smallest absolute Gasteiger partial charge is 0.340 e. The van der Waals surface area contributed by atoms with Crippen LogP contribution >= 0.6 is 0 Å². The molecule has 1 heterocycles. The van der Waals surface area contributed by atoms with E-state index in [9.17, 15) is 13.2 Å². The first kappa shape index (κ1) is 13.0. The molecule has 0 spiro atoms. The fourth-order valence-corrected chi connectivity index (χ4v) is 2.34. The van der Waals surface area contributed by atoms with Gasteiger partial charge in [0.25, 0.3) is 0 Å². The molecule has 2 N–H and O–H groups in total. The van der Waals surface area contributed by atoms with Crippen LogP contribution in [0.5, 0.6) is 0 Å². The minimum atomic E-state index is -3.95. The Morgan fingerprint density at radius 3 is 2.50 bits per heavy atom. The molecule has 2 rings (SSSR count). The van der Waals surface area contributed by atoms with Gasteiger partial charge in [-0.1, -0.05) is 12.1 Å². The molecule has 1 fully saturated rings. The van der Waals surface area contributed by atoms with Crippen LogP contribution in [0, 0.1) is 0 Å². The fraction of sp³-hybridized carbons (Fsp3) is 0.364. The SMILES string of the molecule is CC1(OC(=O)c2ccccc2S(N)(=O)=O)COC1. The molecule has 6 nitrogen and oxygen atoms in total. The molecule has 7 heteroatoms. The normalized spacial score (nSPS) is 17.9. The molecule has 0 bridgehead atoms. The van der Waals surface area contributed by atoms with Crippen LogP contribution in [0.3, 0.4) is 0 Å². The number of carbonyl (C=O) groups is 1. The number of rotatable bonds is 3. The van der Waals surface area contributed by atoms with Gasteiger partial charge in [0, 0.05) is 0 Å². The number of sulfonamides is 1. The summed E-state index contributed by atoms with van der Waals surface area (Å²) in [5.74, 6) is -0.717. The molecule has 1 saturated heterocycles. The Hall–Kier alpha value is -1.44. The minimum Gasteiger partial charge on any atom is -0.451 e. The average molecular weight is 271 g/mol. The molecule has 1 aliphatic rings. The van der Waals surface area contributed by atoms with Crippen molar-refractivity contribution >= 4 is 16.0 Å². The van der Waals surface area contributed by atoms with Crippen molar-refractivity contribution < 1.29 is 22.7 Å². The Kier molecular flexibility index (Phi) is 3.14. The van der Waals surface area contributed by atoms with Crippen LogP contribution in [0.25, 0.3) is 0 Å². The maximum Gasteiger partial charge on any atom is 0.340 e. The zero-order chi connectivity index (χ0) is 13.4. The summed E-state index contributed by atoms with van der Waals surface area (Å²) in [6, 6.07) is 5.67. The van der Waals surface area contributed by atoms with Gasteiger partial charge >= 0.3 is 5.97 Å². The van der Waals surface area contributed by atoms with Gasteiger partial charge in [-0.15, -0.1) is 0 Å². The highest BCUT2D eigenvalue weighted by Crippen LogP contribution is 2.24. The van der Waals surface area contributed by atoms with E-state index >= 15 is 0 Å². The molecule has 0 aliphatic carbocycles. The van der Waals surface area contributed by atoms with Crippen LogP contribution in [0.2, 0.25) is 0 Å². The van der Waals surface area contributed by atoms with E-state index < -0.39 is 21.6 Å². The highest BCUT2D eigenvalue weighted by molar-refractivity contribution is 7.89. The van der Waals surface area contributed by atoms with Gasteiger partial charge in [0.15, 0.2) is 5.60 Å². The van der Waals surface area contributed by atoms with Gasteiger partial charge in [0.2, 0.25) is 10.0 Å². The van der Waals surface area contributed by atoms with Crippen LogP contribution in [0.15, 0.2) is 29.2 Å². The average Bonchev–Trinajstić information content (AvgIpc) is 2.26. The summed E-state index contributed by atoms with van der Waals surface area (Å²) in [6.45, 7) is 2.32. The first-order valence-electron chi connectivity index (χ1n) is 5.25. The lowest BCUT2D eigenvalue weighted by molar-refractivity contribution is -0.169. The number of hydrogen-bond acceptors (Lipinski definition) is 5. The fourth-order valence-electron chi connectivity index (χ4n) is 1.61. The number of esters is 1. The van der Waals surface area contributed by atoms with E-state index in [4.69, 9.17) is 14.6 Å². The Bertz CT molecular complexity index is 577. The molecule has 18 heavy (non-hydrogen) atoms. The van der Waals surface area contributed by atoms with Gasteiger partial charge in [0.1, 0.15) is 0 Å². The van der Waals surface area contributed by atoms with Crippen molar-refractivity contribution in [2.45, 2.75) is 17.4 Å². The number of nitrogens with two attached hydrogens (primary N) is 1. The van der Waals surface area contributed by atoms with E-state index in [1.165, 1.54) is 18.2 Å². The van der Waals surface area contributed by atoms with Crippen molar-refractivity contribution in [1.82, 2.24) is 0 Å². The second-order valence-electron chi connectivity index (χ2n) is 4.37. The quantitative estimate of drug-likeness (QED) is 0.797. The third kappa shape index (κ3) is 2.53. The molecule has 1 aliphatic heterocycles. The summed E-state index contributed by atoms with van der Waals surface area (Å²) in [7, 11) is -3.95. The summed E-state index contributed by atoms with van der Waals surface area (Å²) < 4.78 is 32.9. The second kappa shape index (κ2) is 4.34. The number of carbonyl (C=O) groups excluding carboxylic acids is 1. The lowest BCUT2D eigenvalue weighted by Crippen LogP contribution is -2.50. The maximum atomic E-state index is 11.9. The van der Waals surface area contributed by atoms with Crippen molar-refractivity contribution in [1.29, 1.82) is 0 Å². The lowest BCUT2D eigenvalue weighted by atomic mass is 10.1. The van der Waals surface area contributed by atoms with E-state index in [2.05, 4.69) is 0 Å². The van der Waals surface area contributed by atoms with Crippen molar-refractivity contribution in [2.24, 2.45) is 5.14 Å². The standard InChI is InChI=1S/C11H13NO5S/c1-11(6-16-7-11)17-10(13)8-4-2-3-5-9(8)18(12,14)15/h2-5H,6-7H2,1H3,(H2,12,14,15). The van der Waals surface area contributed by atoms with Crippen molar-refractivity contribution in [3.63, 3.8) is 0 Å². The van der Waals surface area contributed by atoms with Crippen LogP contribution < -0.4 is 5.14 Å². The van der Waals surface area contributed by atoms with Gasteiger partial charge in [-0.3, -0.25) is 0 Å². The molecule has 1 aromatic carbocycles. The van der Waals surface area contributed by atoms with Gasteiger partial charge in [-0.2, -0.15) is 0 Å². The van der Waals surface area contributed by atoms with Crippen LogP contribution in [-0.2, 0) is 19.5 Å². The van der Waals surface area contributed by atoms with Gasteiger partial charge < -0.3 is 9.47 Å². The van der Waals surface area contributed by atoms with Crippen LogP contribution in [-0.4, -0.2) is 33.2 Å². The first-order valence-corrected chi connectivity index (χ1v) is 6.79. The Morgan fingerprint density at radius 2 is 2.00 bits per heavy atom. The topological polar surface area (TPSA) is 95.7 Å². The predicted octanol–water partition coefficient (Wildman–Crippen LogP) is 0.280. The largest absolute Gasteiger partial charge is 0.451 e. The number of hydrogen-bond donors (Lipinski definition) is 1. The highest BCUT2D eigenvalue weighted by atomic mass is 32.2. The zero-order valence-corrected chi connectivity index (χ0v) is 10.6. The number of primary sulfonamides is 1. The summed E-state index contributed by atoms with van der Waals surface area (Å²) >= 11 is 0. The highest BCUT2D eigenvalue weighted by Gasteiger charge is 2.38. The van der Waals surface area contributed by atoms with Gasteiger partial charge in [0.05, 0.1) is 23.7 Å². The summed E-state index contributed by atoms with van der Waals surface area (Å²) in [5.41, 5.74) is -0.754. The third-order valence-corrected chi connectivity index (χ3v) is 3.54. The maximum absolute atomic E-state index is 11.9. The molecule has 0 saturated carbocycles. The molecule has 0 amide bonds. The minimum absolute atomic E-state index is 0.0619. The predicted molar refractivity (Wildman–Crippen MR) is 62.5 cm³/mol. The first-order chi connectivity index (χ1) is 8.32. The Labute approximate surface area is 105 Å². The molecule has 1 aromatic rings. The van der Waals surface area contributed by atoms with Crippen LogP contribution in [0.1, 0.15) is 17.3 Å². The molecule has 0 radical (unpaired) electrons. The van der Waals surface area contributed by atoms with E-state index in [-0.39, 0.29) is 10.5 Å². The monoisotopic (exact) mass is 271 g/mol. The molecule has 0 aromatic heterocycles.